The number of amides is 1. The maximum Gasteiger partial charge on any atom is 0.236 e. The lowest BCUT2D eigenvalue weighted by Gasteiger charge is -2.22. The quantitative estimate of drug-likeness (QED) is 0.784. The summed E-state index contributed by atoms with van der Waals surface area (Å²) >= 11 is 0. The maximum absolute atomic E-state index is 11.9. The third-order valence-electron chi connectivity index (χ3n) is 3.82. The van der Waals surface area contributed by atoms with E-state index in [-0.39, 0.29) is 12.0 Å². The van der Waals surface area contributed by atoms with Crippen LogP contribution in [0.3, 0.4) is 0 Å². The molecule has 1 aliphatic heterocycles. The van der Waals surface area contributed by atoms with Crippen LogP contribution in [0.4, 0.5) is 0 Å². The molecule has 4 nitrogen and oxygen atoms in total. The number of nitrogens with one attached hydrogen (secondary N) is 1. The highest BCUT2D eigenvalue weighted by atomic mass is 16.5. The Hall–Kier alpha value is -0.610. The predicted octanol–water partition coefficient (Wildman–Crippen LogP) is 1.16. The zero-order valence-corrected chi connectivity index (χ0v) is 10.8. The van der Waals surface area contributed by atoms with E-state index in [4.69, 9.17) is 4.74 Å². The van der Waals surface area contributed by atoms with Gasteiger partial charge in [0.15, 0.2) is 0 Å². The monoisotopic (exact) mass is 240 g/mol. The molecule has 1 aliphatic carbocycles. The molecule has 2 fully saturated rings. The van der Waals surface area contributed by atoms with Crippen molar-refractivity contribution in [1.29, 1.82) is 0 Å². The Morgan fingerprint density at radius 3 is 2.71 bits per heavy atom. The van der Waals surface area contributed by atoms with E-state index in [0.717, 1.165) is 26.0 Å². The first-order chi connectivity index (χ1) is 8.25. The molecule has 4 heteroatoms. The molecule has 0 aromatic rings. The lowest BCUT2D eigenvalue weighted by molar-refractivity contribution is -0.130. The van der Waals surface area contributed by atoms with Crippen LogP contribution in [0, 0.1) is 0 Å². The molecule has 17 heavy (non-hydrogen) atoms. The molecule has 1 saturated heterocycles. The van der Waals surface area contributed by atoms with Crippen LogP contribution in [0.5, 0.6) is 0 Å². The summed E-state index contributed by atoms with van der Waals surface area (Å²) in [5.41, 5.74) is 0. The van der Waals surface area contributed by atoms with E-state index in [1.807, 2.05) is 7.05 Å². The number of nitrogens with zero attached hydrogens (tertiary/aromatic N) is 1. The van der Waals surface area contributed by atoms with Gasteiger partial charge in [-0.15, -0.1) is 0 Å². The van der Waals surface area contributed by atoms with Crippen molar-refractivity contribution in [3.63, 3.8) is 0 Å². The third-order valence-corrected chi connectivity index (χ3v) is 3.82. The highest BCUT2D eigenvalue weighted by molar-refractivity contribution is 5.78. The summed E-state index contributed by atoms with van der Waals surface area (Å²) in [5.74, 6) is 0.187. The molecule has 1 amide bonds. The average molecular weight is 240 g/mol. The van der Waals surface area contributed by atoms with Crippen molar-refractivity contribution in [3.8, 4) is 0 Å². The standard InChI is InChI=1S/C13H24N2O2/c1-15(10-12-7-4-8-17-12)13(16)9-14-11-5-2-3-6-11/h11-12,14H,2-10H2,1H3. The van der Waals surface area contributed by atoms with Crippen molar-refractivity contribution in [2.75, 3.05) is 26.7 Å². The average Bonchev–Trinajstić information content (AvgIpc) is 2.98. The van der Waals surface area contributed by atoms with Crippen LogP contribution in [-0.4, -0.2) is 49.7 Å². The Labute approximate surface area is 104 Å². The molecular weight excluding hydrogens is 216 g/mol. The van der Waals surface area contributed by atoms with Gasteiger partial charge < -0.3 is 15.0 Å². The van der Waals surface area contributed by atoms with Gasteiger partial charge >= 0.3 is 0 Å². The van der Waals surface area contributed by atoms with Crippen LogP contribution in [0.25, 0.3) is 0 Å². The number of likely N-dealkylation sites (N-methyl/N-ethyl adjacent to an activating group) is 1. The van der Waals surface area contributed by atoms with Gasteiger partial charge in [0.05, 0.1) is 12.6 Å². The molecule has 2 aliphatic rings. The van der Waals surface area contributed by atoms with E-state index in [1.54, 1.807) is 4.90 Å². The molecule has 98 valence electrons. The van der Waals surface area contributed by atoms with Crippen molar-refractivity contribution < 1.29 is 9.53 Å². The van der Waals surface area contributed by atoms with Crippen molar-refractivity contribution in [2.24, 2.45) is 0 Å². The molecular formula is C13H24N2O2. The van der Waals surface area contributed by atoms with E-state index < -0.39 is 0 Å². The minimum Gasteiger partial charge on any atom is -0.376 e. The maximum atomic E-state index is 11.9. The number of hydrogen-bond donors (Lipinski definition) is 1. The number of carbonyl (C=O) groups excluding carboxylic acids is 1. The summed E-state index contributed by atoms with van der Waals surface area (Å²) in [6.07, 6.45) is 7.54. The molecule has 1 unspecified atom stereocenters. The third kappa shape index (κ3) is 3.96. The van der Waals surface area contributed by atoms with E-state index in [1.165, 1.54) is 25.7 Å². The van der Waals surface area contributed by atoms with Crippen LogP contribution in [0.2, 0.25) is 0 Å². The fourth-order valence-electron chi connectivity index (χ4n) is 2.69. The molecule has 1 heterocycles. The molecule has 1 saturated carbocycles. The van der Waals surface area contributed by atoms with Crippen LogP contribution in [0.1, 0.15) is 38.5 Å². The molecule has 0 bridgehead atoms. The highest BCUT2D eigenvalue weighted by Crippen LogP contribution is 2.17. The van der Waals surface area contributed by atoms with Gasteiger partial charge in [-0.2, -0.15) is 0 Å². The minimum absolute atomic E-state index is 0.187. The molecule has 0 spiro atoms. The first kappa shape index (κ1) is 12.8. The molecule has 2 rings (SSSR count). The Balaban J connectivity index is 1.63. The summed E-state index contributed by atoms with van der Waals surface area (Å²) in [7, 11) is 1.88. The lowest BCUT2D eigenvalue weighted by atomic mass is 10.2. The van der Waals surface area contributed by atoms with Crippen molar-refractivity contribution in [3.05, 3.63) is 0 Å². The molecule has 1 N–H and O–H groups in total. The fraction of sp³-hybridized carbons (Fsp3) is 0.923. The fourth-order valence-corrected chi connectivity index (χ4v) is 2.69. The Bertz CT molecular complexity index is 246. The summed E-state index contributed by atoms with van der Waals surface area (Å²) in [6.45, 7) is 2.08. The van der Waals surface area contributed by atoms with E-state index in [0.29, 0.717) is 12.6 Å². The summed E-state index contributed by atoms with van der Waals surface area (Å²) in [5, 5.41) is 3.36. The zero-order valence-electron chi connectivity index (χ0n) is 10.8. The Kier molecular flexibility index (Phi) is 4.80. The van der Waals surface area contributed by atoms with Gasteiger partial charge in [-0.05, 0) is 25.7 Å². The Morgan fingerprint density at radius 2 is 2.06 bits per heavy atom. The van der Waals surface area contributed by atoms with Crippen LogP contribution < -0.4 is 5.32 Å². The topological polar surface area (TPSA) is 41.6 Å². The summed E-state index contributed by atoms with van der Waals surface area (Å²) in [6, 6.07) is 0.565. The van der Waals surface area contributed by atoms with Gasteiger partial charge in [-0.1, -0.05) is 12.8 Å². The molecule has 0 aromatic carbocycles. The first-order valence-electron chi connectivity index (χ1n) is 6.84. The van der Waals surface area contributed by atoms with Crippen LogP contribution in [-0.2, 0) is 9.53 Å². The van der Waals surface area contributed by atoms with Gasteiger partial charge in [-0.25, -0.2) is 0 Å². The van der Waals surface area contributed by atoms with Gasteiger partial charge in [0.25, 0.3) is 0 Å². The normalized spacial score (nSPS) is 25.4. The summed E-state index contributed by atoms with van der Waals surface area (Å²) < 4.78 is 5.54. The second kappa shape index (κ2) is 6.36. The summed E-state index contributed by atoms with van der Waals surface area (Å²) in [4.78, 5) is 13.7. The van der Waals surface area contributed by atoms with Gasteiger partial charge in [0.2, 0.25) is 5.91 Å². The number of carbonyl (C=O) groups is 1. The van der Waals surface area contributed by atoms with Crippen LogP contribution in [0.15, 0.2) is 0 Å². The van der Waals surface area contributed by atoms with Gasteiger partial charge in [0, 0.05) is 26.2 Å². The van der Waals surface area contributed by atoms with Gasteiger partial charge in [0.1, 0.15) is 0 Å². The van der Waals surface area contributed by atoms with Gasteiger partial charge in [-0.3, -0.25) is 4.79 Å². The highest BCUT2D eigenvalue weighted by Gasteiger charge is 2.21. The van der Waals surface area contributed by atoms with Crippen molar-refractivity contribution >= 4 is 5.91 Å². The lowest BCUT2D eigenvalue weighted by Crippen LogP contribution is -2.41. The number of rotatable bonds is 5. The predicted molar refractivity (Wildman–Crippen MR) is 66.9 cm³/mol. The second-order valence-electron chi connectivity index (χ2n) is 5.27. The van der Waals surface area contributed by atoms with E-state index in [9.17, 15) is 4.79 Å². The largest absolute Gasteiger partial charge is 0.376 e. The number of hydrogen-bond acceptors (Lipinski definition) is 3. The molecule has 1 atom stereocenters. The number of ether oxygens (including phenoxy) is 1. The van der Waals surface area contributed by atoms with E-state index in [2.05, 4.69) is 5.32 Å². The second-order valence-corrected chi connectivity index (χ2v) is 5.27. The van der Waals surface area contributed by atoms with Crippen molar-refractivity contribution in [1.82, 2.24) is 10.2 Å². The van der Waals surface area contributed by atoms with Crippen molar-refractivity contribution in [2.45, 2.75) is 50.7 Å². The Morgan fingerprint density at radius 1 is 1.29 bits per heavy atom. The zero-order chi connectivity index (χ0) is 12.1. The van der Waals surface area contributed by atoms with E-state index >= 15 is 0 Å². The first-order valence-corrected chi connectivity index (χ1v) is 6.84. The molecule has 0 radical (unpaired) electrons. The van der Waals surface area contributed by atoms with Crippen LogP contribution >= 0.6 is 0 Å². The SMILES string of the molecule is CN(CC1CCCO1)C(=O)CNC1CCCC1. The molecule has 0 aromatic heterocycles. The minimum atomic E-state index is 0.187. The smallest absolute Gasteiger partial charge is 0.236 e.